The van der Waals surface area contributed by atoms with E-state index in [1.54, 1.807) is 0 Å². The summed E-state index contributed by atoms with van der Waals surface area (Å²) in [6.07, 6.45) is 5.89. The van der Waals surface area contributed by atoms with Crippen molar-refractivity contribution in [2.45, 2.75) is 32.1 Å². The number of carbonyl (C=O) groups excluding carboxylic acids is 1. The second-order valence-electron chi connectivity index (χ2n) is 6.10. The van der Waals surface area contributed by atoms with Gasteiger partial charge in [-0.05, 0) is 50.8 Å². The zero-order valence-electron chi connectivity index (χ0n) is 12.6. The van der Waals surface area contributed by atoms with Gasteiger partial charge in [0, 0.05) is 19.6 Å². The lowest BCUT2D eigenvalue weighted by Gasteiger charge is -2.31. The van der Waals surface area contributed by atoms with Crippen molar-refractivity contribution in [1.29, 1.82) is 0 Å². The van der Waals surface area contributed by atoms with Crippen molar-refractivity contribution in [1.82, 2.24) is 5.32 Å². The summed E-state index contributed by atoms with van der Waals surface area (Å²) in [5, 5.41) is 6.47. The van der Waals surface area contributed by atoms with Crippen LogP contribution in [0.15, 0.2) is 24.3 Å². The van der Waals surface area contributed by atoms with Gasteiger partial charge in [0.05, 0.1) is 17.3 Å². The van der Waals surface area contributed by atoms with Crippen LogP contribution in [0.3, 0.4) is 0 Å². The first-order chi connectivity index (χ1) is 10.3. The van der Waals surface area contributed by atoms with E-state index in [4.69, 9.17) is 0 Å². The molecule has 1 amide bonds. The van der Waals surface area contributed by atoms with Gasteiger partial charge in [-0.3, -0.25) is 4.79 Å². The van der Waals surface area contributed by atoms with Crippen LogP contribution in [0.5, 0.6) is 0 Å². The fourth-order valence-electron chi connectivity index (χ4n) is 3.30. The molecule has 1 aromatic carbocycles. The molecule has 1 aromatic rings. The number of anilines is 2. The predicted molar refractivity (Wildman–Crippen MR) is 86.7 cm³/mol. The maximum absolute atomic E-state index is 12.4. The highest BCUT2D eigenvalue weighted by atomic mass is 16.1. The van der Waals surface area contributed by atoms with Crippen molar-refractivity contribution in [3.05, 3.63) is 24.3 Å². The van der Waals surface area contributed by atoms with Gasteiger partial charge in [0.15, 0.2) is 0 Å². The second kappa shape index (κ2) is 6.94. The van der Waals surface area contributed by atoms with E-state index in [2.05, 4.69) is 27.7 Å². The summed E-state index contributed by atoms with van der Waals surface area (Å²) >= 11 is 0. The van der Waals surface area contributed by atoms with Gasteiger partial charge >= 0.3 is 0 Å². The summed E-state index contributed by atoms with van der Waals surface area (Å²) in [7, 11) is 0. The molecule has 2 aliphatic heterocycles. The number of rotatable bonds is 3. The molecule has 0 bridgehead atoms. The average Bonchev–Trinajstić information content (AvgIpc) is 2.57. The monoisotopic (exact) mass is 287 g/mol. The highest BCUT2D eigenvalue weighted by Crippen LogP contribution is 2.29. The van der Waals surface area contributed by atoms with Crippen molar-refractivity contribution in [2.75, 3.05) is 36.4 Å². The van der Waals surface area contributed by atoms with Gasteiger partial charge in [0.1, 0.15) is 0 Å². The van der Waals surface area contributed by atoms with Gasteiger partial charge in [-0.2, -0.15) is 0 Å². The fourth-order valence-corrected chi connectivity index (χ4v) is 3.30. The van der Waals surface area contributed by atoms with Crippen LogP contribution in [-0.2, 0) is 4.79 Å². The Morgan fingerprint density at radius 1 is 1.14 bits per heavy atom. The summed E-state index contributed by atoms with van der Waals surface area (Å²) in [6, 6.07) is 8.21. The molecule has 0 radical (unpaired) electrons. The molecule has 3 rings (SSSR count). The minimum atomic E-state index is 0.105. The molecule has 2 saturated heterocycles. The van der Waals surface area contributed by atoms with Crippen LogP contribution in [0, 0.1) is 5.92 Å². The Morgan fingerprint density at radius 2 is 1.95 bits per heavy atom. The van der Waals surface area contributed by atoms with E-state index >= 15 is 0 Å². The van der Waals surface area contributed by atoms with Crippen molar-refractivity contribution >= 4 is 17.3 Å². The lowest BCUT2D eigenvalue weighted by molar-refractivity contribution is -0.120. The maximum atomic E-state index is 12.4. The summed E-state index contributed by atoms with van der Waals surface area (Å²) < 4.78 is 0. The molecule has 4 nitrogen and oxygen atoms in total. The molecule has 0 aromatic heterocycles. The zero-order chi connectivity index (χ0) is 14.5. The fraction of sp³-hybridized carbons (Fsp3) is 0.588. The normalized spacial score (nSPS) is 22.9. The number of hydrogen-bond donors (Lipinski definition) is 2. The summed E-state index contributed by atoms with van der Waals surface area (Å²) in [5.74, 6) is 0.264. The lowest BCUT2D eigenvalue weighted by atomic mass is 9.98. The molecule has 114 valence electrons. The Balaban J connectivity index is 1.70. The molecule has 0 spiro atoms. The zero-order valence-corrected chi connectivity index (χ0v) is 12.6. The number of piperidine rings is 2. The molecule has 0 aliphatic carbocycles. The van der Waals surface area contributed by atoms with E-state index in [0.29, 0.717) is 0 Å². The Kier molecular flexibility index (Phi) is 4.76. The number of hydrogen-bond acceptors (Lipinski definition) is 3. The Morgan fingerprint density at radius 3 is 2.71 bits per heavy atom. The minimum absolute atomic E-state index is 0.105. The Bertz CT molecular complexity index is 477. The minimum Gasteiger partial charge on any atom is -0.370 e. The van der Waals surface area contributed by atoms with E-state index in [1.165, 1.54) is 24.9 Å². The topological polar surface area (TPSA) is 44.4 Å². The molecule has 1 unspecified atom stereocenters. The largest absolute Gasteiger partial charge is 0.370 e. The summed E-state index contributed by atoms with van der Waals surface area (Å²) in [5.41, 5.74) is 2.14. The summed E-state index contributed by atoms with van der Waals surface area (Å²) in [6.45, 7) is 4.03. The third kappa shape index (κ3) is 3.56. The highest BCUT2D eigenvalue weighted by molar-refractivity contribution is 5.96. The number of carbonyl (C=O) groups is 1. The molecule has 1 atom stereocenters. The van der Waals surface area contributed by atoms with Gasteiger partial charge in [-0.15, -0.1) is 0 Å². The third-order valence-corrected chi connectivity index (χ3v) is 4.53. The van der Waals surface area contributed by atoms with Crippen LogP contribution in [0.4, 0.5) is 11.4 Å². The lowest BCUT2D eigenvalue weighted by Crippen LogP contribution is -2.37. The van der Waals surface area contributed by atoms with Crippen LogP contribution in [0.25, 0.3) is 0 Å². The number of nitrogens with one attached hydrogen (secondary N) is 2. The first-order valence-electron chi connectivity index (χ1n) is 8.20. The Hall–Kier alpha value is -1.55. The predicted octanol–water partition coefficient (Wildman–Crippen LogP) is 2.62. The van der Waals surface area contributed by atoms with Gasteiger partial charge in [0.25, 0.3) is 0 Å². The number of benzene rings is 1. The van der Waals surface area contributed by atoms with E-state index in [1.807, 2.05) is 12.1 Å². The van der Waals surface area contributed by atoms with E-state index in [9.17, 15) is 4.79 Å². The van der Waals surface area contributed by atoms with Gasteiger partial charge in [-0.1, -0.05) is 12.1 Å². The van der Waals surface area contributed by atoms with E-state index in [0.717, 1.165) is 44.7 Å². The van der Waals surface area contributed by atoms with Crippen LogP contribution in [0.1, 0.15) is 32.1 Å². The standard InChI is InChI=1S/C17H25N3O/c21-17(14-7-6-10-18-13-14)19-15-8-2-3-9-16(15)20-11-4-1-5-12-20/h2-3,8-9,14,18H,1,4-7,10-13H2,(H,19,21). The van der Waals surface area contributed by atoms with E-state index < -0.39 is 0 Å². The number of amides is 1. The molecule has 2 heterocycles. The van der Waals surface area contributed by atoms with Crippen LogP contribution in [-0.4, -0.2) is 32.1 Å². The van der Waals surface area contributed by atoms with Crippen molar-refractivity contribution in [3.8, 4) is 0 Å². The van der Waals surface area contributed by atoms with E-state index in [-0.39, 0.29) is 11.8 Å². The SMILES string of the molecule is O=C(Nc1ccccc1N1CCCCC1)C1CCCNC1. The molecular formula is C17H25N3O. The summed E-state index contributed by atoms with van der Waals surface area (Å²) in [4.78, 5) is 14.8. The maximum Gasteiger partial charge on any atom is 0.228 e. The van der Waals surface area contributed by atoms with Gasteiger partial charge in [0.2, 0.25) is 5.91 Å². The first kappa shape index (κ1) is 14.4. The molecule has 4 heteroatoms. The molecular weight excluding hydrogens is 262 g/mol. The number of para-hydroxylation sites is 2. The Labute approximate surface area is 126 Å². The molecule has 21 heavy (non-hydrogen) atoms. The molecule has 2 fully saturated rings. The third-order valence-electron chi connectivity index (χ3n) is 4.53. The highest BCUT2D eigenvalue weighted by Gasteiger charge is 2.22. The smallest absolute Gasteiger partial charge is 0.228 e. The van der Waals surface area contributed by atoms with Crippen molar-refractivity contribution < 1.29 is 4.79 Å². The van der Waals surface area contributed by atoms with Crippen LogP contribution >= 0.6 is 0 Å². The van der Waals surface area contributed by atoms with Gasteiger partial charge < -0.3 is 15.5 Å². The first-order valence-corrected chi connectivity index (χ1v) is 8.20. The molecule has 2 aliphatic rings. The quantitative estimate of drug-likeness (QED) is 0.898. The van der Waals surface area contributed by atoms with Gasteiger partial charge in [-0.25, -0.2) is 0 Å². The van der Waals surface area contributed by atoms with Crippen molar-refractivity contribution in [2.24, 2.45) is 5.92 Å². The second-order valence-corrected chi connectivity index (χ2v) is 6.10. The molecule has 2 N–H and O–H groups in total. The van der Waals surface area contributed by atoms with Crippen LogP contribution in [0.2, 0.25) is 0 Å². The van der Waals surface area contributed by atoms with Crippen LogP contribution < -0.4 is 15.5 Å². The molecule has 0 saturated carbocycles. The number of nitrogens with zero attached hydrogens (tertiary/aromatic N) is 1. The average molecular weight is 287 g/mol. The van der Waals surface area contributed by atoms with Crippen molar-refractivity contribution in [3.63, 3.8) is 0 Å².